The van der Waals surface area contributed by atoms with Gasteiger partial charge in [-0.1, -0.05) is 13.0 Å². The summed E-state index contributed by atoms with van der Waals surface area (Å²) < 4.78 is 5.52. The monoisotopic (exact) mass is 262 g/mol. The largest absolute Gasteiger partial charge is 0.382 e. The highest BCUT2D eigenvalue weighted by atomic mass is 16.5. The molecular formula is C14H22N4O. The maximum absolute atomic E-state index is 7.57. The third kappa shape index (κ3) is 3.30. The summed E-state index contributed by atoms with van der Waals surface area (Å²) in [6, 6.07) is 3.88. The molecule has 0 bridgehead atoms. The predicted molar refractivity (Wildman–Crippen MR) is 75.1 cm³/mol. The second-order valence-electron chi connectivity index (χ2n) is 5.20. The van der Waals surface area contributed by atoms with Crippen LogP contribution >= 0.6 is 0 Å². The Morgan fingerprint density at radius 1 is 1.63 bits per heavy atom. The standard InChI is InChI=1S/C14H22N4O/c1-10-5-7-18(9-12(10)19-2)8-11-4-3-6-17-13(11)14(15)16/h3-4,6,10,12H,5,7-9H2,1-2H3,(H3,15,16). The number of piperidine rings is 1. The van der Waals surface area contributed by atoms with Crippen molar-refractivity contribution in [2.45, 2.75) is 26.0 Å². The van der Waals surface area contributed by atoms with E-state index in [2.05, 4.69) is 16.8 Å². The molecule has 5 nitrogen and oxygen atoms in total. The molecule has 3 N–H and O–H groups in total. The molecule has 0 amide bonds. The van der Waals surface area contributed by atoms with Crippen molar-refractivity contribution in [2.24, 2.45) is 11.7 Å². The van der Waals surface area contributed by atoms with Crippen LogP contribution in [0.1, 0.15) is 24.6 Å². The Morgan fingerprint density at radius 3 is 3.11 bits per heavy atom. The molecule has 2 unspecified atom stereocenters. The van der Waals surface area contributed by atoms with Gasteiger partial charge in [0, 0.05) is 26.4 Å². The first-order valence-electron chi connectivity index (χ1n) is 6.65. The molecule has 0 saturated carbocycles. The van der Waals surface area contributed by atoms with Crippen molar-refractivity contribution in [1.82, 2.24) is 9.88 Å². The van der Waals surface area contributed by atoms with Gasteiger partial charge in [0.15, 0.2) is 0 Å². The van der Waals surface area contributed by atoms with Gasteiger partial charge in [-0.05, 0) is 30.5 Å². The average molecular weight is 262 g/mol. The van der Waals surface area contributed by atoms with Crippen LogP contribution in [0.5, 0.6) is 0 Å². The molecule has 0 aliphatic carbocycles. The summed E-state index contributed by atoms with van der Waals surface area (Å²) in [6.07, 6.45) is 3.09. The molecule has 2 rings (SSSR count). The molecule has 1 saturated heterocycles. The van der Waals surface area contributed by atoms with Crippen LogP contribution in [-0.2, 0) is 11.3 Å². The van der Waals surface area contributed by atoms with Gasteiger partial charge >= 0.3 is 0 Å². The zero-order valence-electron chi connectivity index (χ0n) is 11.6. The topological polar surface area (TPSA) is 75.2 Å². The lowest BCUT2D eigenvalue weighted by molar-refractivity contribution is -0.00748. The summed E-state index contributed by atoms with van der Waals surface area (Å²) >= 11 is 0. The van der Waals surface area contributed by atoms with E-state index in [1.165, 1.54) is 0 Å². The summed E-state index contributed by atoms with van der Waals surface area (Å²) in [5, 5.41) is 7.57. The van der Waals surface area contributed by atoms with Crippen LogP contribution in [0.25, 0.3) is 0 Å². The second kappa shape index (κ2) is 6.12. The highest BCUT2D eigenvalue weighted by Crippen LogP contribution is 2.21. The highest BCUT2D eigenvalue weighted by molar-refractivity contribution is 5.94. The number of amidine groups is 1. The minimum Gasteiger partial charge on any atom is -0.382 e. The summed E-state index contributed by atoms with van der Waals surface area (Å²) in [5.41, 5.74) is 7.18. The Hall–Kier alpha value is -1.46. The number of nitrogen functional groups attached to an aromatic ring is 1. The number of rotatable bonds is 4. The molecule has 1 aromatic rings. The lowest BCUT2D eigenvalue weighted by Gasteiger charge is -2.36. The van der Waals surface area contributed by atoms with Crippen molar-refractivity contribution < 1.29 is 4.74 Å². The number of nitrogens with zero attached hydrogens (tertiary/aromatic N) is 2. The number of likely N-dealkylation sites (tertiary alicyclic amines) is 1. The second-order valence-corrected chi connectivity index (χ2v) is 5.20. The summed E-state index contributed by atoms with van der Waals surface area (Å²) in [6.45, 7) is 4.98. The van der Waals surface area contributed by atoms with E-state index in [1.807, 2.05) is 12.1 Å². The van der Waals surface area contributed by atoms with Gasteiger partial charge in [0.25, 0.3) is 0 Å². The smallest absolute Gasteiger partial charge is 0.142 e. The van der Waals surface area contributed by atoms with Crippen LogP contribution in [0.15, 0.2) is 18.3 Å². The van der Waals surface area contributed by atoms with Crippen LogP contribution in [0.2, 0.25) is 0 Å². The molecule has 2 atom stereocenters. The van der Waals surface area contributed by atoms with Crippen molar-refractivity contribution >= 4 is 5.84 Å². The molecule has 0 spiro atoms. The van der Waals surface area contributed by atoms with Gasteiger partial charge in [-0.25, -0.2) is 0 Å². The first-order chi connectivity index (χ1) is 9.11. The zero-order valence-corrected chi connectivity index (χ0v) is 11.6. The van der Waals surface area contributed by atoms with Crippen LogP contribution in [-0.4, -0.2) is 42.0 Å². The van der Waals surface area contributed by atoms with E-state index in [9.17, 15) is 0 Å². The third-order valence-corrected chi connectivity index (χ3v) is 3.82. The van der Waals surface area contributed by atoms with Gasteiger partial charge in [-0.15, -0.1) is 0 Å². The van der Waals surface area contributed by atoms with E-state index in [4.69, 9.17) is 15.9 Å². The first-order valence-corrected chi connectivity index (χ1v) is 6.65. The van der Waals surface area contributed by atoms with E-state index in [0.717, 1.165) is 31.6 Å². The predicted octanol–water partition coefficient (Wildman–Crippen LogP) is 1.22. The minimum absolute atomic E-state index is 0.0317. The Morgan fingerprint density at radius 2 is 2.42 bits per heavy atom. The van der Waals surface area contributed by atoms with E-state index < -0.39 is 0 Å². The van der Waals surface area contributed by atoms with Crippen LogP contribution in [0.3, 0.4) is 0 Å². The number of methoxy groups -OCH3 is 1. The molecule has 104 valence electrons. The highest BCUT2D eigenvalue weighted by Gasteiger charge is 2.26. The van der Waals surface area contributed by atoms with Gasteiger partial charge in [0.2, 0.25) is 0 Å². The fraction of sp³-hybridized carbons (Fsp3) is 0.571. The Kier molecular flexibility index (Phi) is 4.50. The van der Waals surface area contributed by atoms with Crippen molar-refractivity contribution in [3.8, 4) is 0 Å². The lowest BCUT2D eigenvalue weighted by atomic mass is 9.95. The summed E-state index contributed by atoms with van der Waals surface area (Å²) in [7, 11) is 1.77. The molecule has 19 heavy (non-hydrogen) atoms. The van der Waals surface area contributed by atoms with E-state index in [-0.39, 0.29) is 11.9 Å². The third-order valence-electron chi connectivity index (χ3n) is 3.82. The lowest BCUT2D eigenvalue weighted by Crippen LogP contribution is -2.43. The molecule has 1 aromatic heterocycles. The van der Waals surface area contributed by atoms with Crippen molar-refractivity contribution in [1.29, 1.82) is 5.41 Å². The van der Waals surface area contributed by atoms with Gasteiger partial charge in [0.05, 0.1) is 6.10 Å². The number of ether oxygens (including phenoxy) is 1. The Labute approximate surface area is 114 Å². The zero-order chi connectivity index (χ0) is 13.8. The minimum atomic E-state index is 0.0317. The van der Waals surface area contributed by atoms with Gasteiger partial charge in [0.1, 0.15) is 11.5 Å². The quantitative estimate of drug-likeness (QED) is 0.632. The number of pyridine rings is 1. The summed E-state index contributed by atoms with van der Waals surface area (Å²) in [4.78, 5) is 6.54. The normalized spacial score (nSPS) is 24.3. The molecular weight excluding hydrogens is 240 g/mol. The molecule has 2 heterocycles. The molecule has 0 radical (unpaired) electrons. The number of hydrogen-bond acceptors (Lipinski definition) is 4. The Bertz CT molecular complexity index is 449. The van der Waals surface area contributed by atoms with Gasteiger partial charge < -0.3 is 10.5 Å². The van der Waals surface area contributed by atoms with Gasteiger partial charge in [-0.3, -0.25) is 15.3 Å². The molecule has 5 heteroatoms. The fourth-order valence-electron chi connectivity index (χ4n) is 2.60. The van der Waals surface area contributed by atoms with E-state index >= 15 is 0 Å². The van der Waals surface area contributed by atoms with Crippen molar-refractivity contribution in [3.63, 3.8) is 0 Å². The van der Waals surface area contributed by atoms with Crippen LogP contribution in [0.4, 0.5) is 0 Å². The summed E-state index contributed by atoms with van der Waals surface area (Å²) in [5.74, 6) is 0.631. The maximum Gasteiger partial charge on any atom is 0.142 e. The SMILES string of the molecule is COC1CN(Cc2cccnc2C(=N)N)CCC1C. The number of hydrogen-bond donors (Lipinski definition) is 2. The number of aromatic nitrogens is 1. The van der Waals surface area contributed by atoms with Gasteiger partial charge in [-0.2, -0.15) is 0 Å². The molecule has 0 aromatic carbocycles. The van der Waals surface area contributed by atoms with E-state index in [0.29, 0.717) is 11.6 Å². The van der Waals surface area contributed by atoms with E-state index in [1.54, 1.807) is 13.3 Å². The van der Waals surface area contributed by atoms with Crippen molar-refractivity contribution in [3.05, 3.63) is 29.6 Å². The average Bonchev–Trinajstić information content (AvgIpc) is 2.41. The number of nitrogens with one attached hydrogen (secondary N) is 1. The molecule has 1 aliphatic rings. The Balaban J connectivity index is 2.07. The fourth-order valence-corrected chi connectivity index (χ4v) is 2.60. The molecule has 1 aliphatic heterocycles. The maximum atomic E-state index is 7.57. The number of nitrogens with two attached hydrogens (primary N) is 1. The first kappa shape index (κ1) is 14.0. The van der Waals surface area contributed by atoms with Crippen LogP contribution < -0.4 is 5.73 Å². The molecule has 1 fully saturated rings. The van der Waals surface area contributed by atoms with Crippen LogP contribution in [0, 0.1) is 11.3 Å². The van der Waals surface area contributed by atoms with Crippen molar-refractivity contribution in [2.75, 3.05) is 20.2 Å².